The summed E-state index contributed by atoms with van der Waals surface area (Å²) in [6.07, 6.45) is 1.82. The molecule has 4 nitrogen and oxygen atoms in total. The zero-order valence-corrected chi connectivity index (χ0v) is 16.1. The Morgan fingerprint density at radius 2 is 1.81 bits per heavy atom. The number of benzene rings is 2. The van der Waals surface area contributed by atoms with Crippen LogP contribution in [-0.2, 0) is 9.53 Å². The molecule has 1 amide bonds. The van der Waals surface area contributed by atoms with E-state index in [1.807, 2.05) is 30.3 Å². The van der Waals surface area contributed by atoms with Gasteiger partial charge < -0.3 is 9.64 Å². The van der Waals surface area contributed by atoms with Gasteiger partial charge in [0.25, 0.3) is 5.91 Å². The SMILES string of the molecule is O=C1/C(=C\c2ccc(N3CCOCC3)cc2)SC(=S)N1c1cccc(F)c1. The molecule has 0 radical (unpaired) electrons. The van der Waals surface area contributed by atoms with Crippen LogP contribution in [0.1, 0.15) is 5.56 Å². The number of morpholine rings is 1. The molecule has 0 aliphatic carbocycles. The van der Waals surface area contributed by atoms with Crippen LogP contribution in [-0.4, -0.2) is 36.5 Å². The van der Waals surface area contributed by atoms with Gasteiger partial charge in [0.15, 0.2) is 4.32 Å². The number of hydrogen-bond acceptors (Lipinski definition) is 5. The number of halogens is 1. The first-order valence-corrected chi connectivity index (χ1v) is 9.80. The van der Waals surface area contributed by atoms with Gasteiger partial charge in [-0.3, -0.25) is 9.69 Å². The minimum absolute atomic E-state index is 0.229. The van der Waals surface area contributed by atoms with Gasteiger partial charge >= 0.3 is 0 Å². The van der Waals surface area contributed by atoms with Crippen molar-refractivity contribution in [1.29, 1.82) is 0 Å². The lowest BCUT2D eigenvalue weighted by Gasteiger charge is -2.28. The van der Waals surface area contributed by atoms with Gasteiger partial charge in [-0.25, -0.2) is 4.39 Å². The highest BCUT2D eigenvalue weighted by atomic mass is 32.2. The summed E-state index contributed by atoms with van der Waals surface area (Å²) in [5.74, 6) is -0.628. The van der Waals surface area contributed by atoms with E-state index in [0.717, 1.165) is 37.6 Å². The molecule has 2 aliphatic rings. The molecule has 2 aromatic rings. The third-order valence-electron chi connectivity index (χ3n) is 4.43. The van der Waals surface area contributed by atoms with Crippen LogP contribution >= 0.6 is 24.0 Å². The first kappa shape index (κ1) is 18.2. The van der Waals surface area contributed by atoms with Gasteiger partial charge in [0.2, 0.25) is 0 Å². The van der Waals surface area contributed by atoms with Crippen LogP contribution in [0.4, 0.5) is 15.8 Å². The Labute approximate surface area is 166 Å². The maximum Gasteiger partial charge on any atom is 0.270 e. The molecule has 2 fully saturated rings. The van der Waals surface area contributed by atoms with E-state index in [0.29, 0.717) is 14.9 Å². The van der Waals surface area contributed by atoms with E-state index in [-0.39, 0.29) is 5.91 Å². The molecular weight excluding hydrogens is 383 g/mol. The maximum absolute atomic E-state index is 13.5. The normalized spacial score (nSPS) is 19.2. The number of carbonyl (C=O) groups excluding carboxylic acids is 1. The zero-order valence-electron chi connectivity index (χ0n) is 14.4. The third-order valence-corrected chi connectivity index (χ3v) is 5.73. The van der Waals surface area contributed by atoms with Crippen molar-refractivity contribution in [3.05, 3.63) is 64.8 Å². The molecule has 0 saturated carbocycles. The summed E-state index contributed by atoms with van der Waals surface area (Å²) in [5.41, 5.74) is 2.51. The molecule has 0 spiro atoms. The minimum Gasteiger partial charge on any atom is -0.378 e. The van der Waals surface area contributed by atoms with Gasteiger partial charge in [0.1, 0.15) is 5.82 Å². The van der Waals surface area contributed by atoms with E-state index in [9.17, 15) is 9.18 Å². The van der Waals surface area contributed by atoms with Crippen molar-refractivity contribution in [2.75, 3.05) is 36.1 Å². The number of rotatable bonds is 3. The second-order valence-corrected chi connectivity index (χ2v) is 7.86. The Morgan fingerprint density at radius 3 is 2.52 bits per heavy atom. The Kier molecular flexibility index (Phi) is 5.24. The summed E-state index contributed by atoms with van der Waals surface area (Å²) >= 11 is 6.56. The highest BCUT2D eigenvalue weighted by Crippen LogP contribution is 2.36. The molecule has 0 aromatic heterocycles. The largest absolute Gasteiger partial charge is 0.378 e. The molecule has 0 bridgehead atoms. The van der Waals surface area contributed by atoms with Crippen molar-refractivity contribution < 1.29 is 13.9 Å². The molecule has 2 saturated heterocycles. The number of nitrogens with zero attached hydrogens (tertiary/aromatic N) is 2. The Hall–Kier alpha value is -2.22. The van der Waals surface area contributed by atoms with Crippen LogP contribution in [0.25, 0.3) is 6.08 Å². The van der Waals surface area contributed by atoms with Crippen molar-refractivity contribution >= 4 is 51.7 Å². The molecule has 0 atom stereocenters. The standard InChI is InChI=1S/C20H17FN2O2S2/c21-15-2-1-3-17(13-15)23-19(24)18(27-20(23)26)12-14-4-6-16(7-5-14)22-8-10-25-11-9-22/h1-7,12-13H,8-11H2/b18-12+. The number of amides is 1. The van der Waals surface area contributed by atoms with Gasteiger partial charge in [-0.15, -0.1) is 0 Å². The number of thiocarbonyl (C=S) groups is 1. The van der Waals surface area contributed by atoms with Gasteiger partial charge in [0, 0.05) is 18.8 Å². The quantitative estimate of drug-likeness (QED) is 0.573. The minimum atomic E-state index is -0.399. The predicted octanol–water partition coefficient (Wildman–Crippen LogP) is 4.07. The smallest absolute Gasteiger partial charge is 0.270 e. The number of carbonyl (C=O) groups is 1. The number of anilines is 2. The molecule has 0 unspecified atom stereocenters. The van der Waals surface area contributed by atoms with E-state index in [2.05, 4.69) is 4.90 Å². The summed E-state index contributed by atoms with van der Waals surface area (Å²) in [7, 11) is 0. The highest BCUT2D eigenvalue weighted by Gasteiger charge is 2.33. The van der Waals surface area contributed by atoms with Crippen molar-refractivity contribution in [1.82, 2.24) is 0 Å². The lowest BCUT2D eigenvalue weighted by atomic mass is 10.1. The predicted molar refractivity (Wildman–Crippen MR) is 112 cm³/mol. The van der Waals surface area contributed by atoms with Gasteiger partial charge in [-0.05, 0) is 42.0 Å². The van der Waals surface area contributed by atoms with Gasteiger partial charge in [-0.2, -0.15) is 0 Å². The summed E-state index contributed by atoms with van der Waals surface area (Å²) in [6, 6.07) is 14.0. The fourth-order valence-electron chi connectivity index (χ4n) is 3.06. The second-order valence-electron chi connectivity index (χ2n) is 6.19. The summed E-state index contributed by atoms with van der Waals surface area (Å²) in [4.78, 5) is 16.9. The summed E-state index contributed by atoms with van der Waals surface area (Å²) in [6.45, 7) is 3.24. The fraction of sp³-hybridized carbons (Fsp3) is 0.200. The summed E-state index contributed by atoms with van der Waals surface area (Å²) in [5, 5.41) is 0. The van der Waals surface area contributed by atoms with Crippen molar-refractivity contribution in [2.24, 2.45) is 0 Å². The van der Waals surface area contributed by atoms with E-state index in [1.54, 1.807) is 12.1 Å². The molecule has 0 N–H and O–H groups in total. The van der Waals surface area contributed by atoms with Crippen LogP contribution in [0, 0.1) is 5.82 Å². The Morgan fingerprint density at radius 1 is 1.07 bits per heavy atom. The number of hydrogen-bond donors (Lipinski definition) is 0. The molecule has 27 heavy (non-hydrogen) atoms. The lowest BCUT2D eigenvalue weighted by Crippen LogP contribution is -2.36. The first-order chi connectivity index (χ1) is 13.1. The monoisotopic (exact) mass is 400 g/mol. The number of ether oxygens (including phenoxy) is 1. The fourth-order valence-corrected chi connectivity index (χ4v) is 4.36. The van der Waals surface area contributed by atoms with E-state index in [4.69, 9.17) is 17.0 Å². The third kappa shape index (κ3) is 3.90. The molecule has 138 valence electrons. The zero-order chi connectivity index (χ0) is 18.8. The maximum atomic E-state index is 13.5. The lowest BCUT2D eigenvalue weighted by molar-refractivity contribution is -0.113. The van der Waals surface area contributed by atoms with Gasteiger partial charge in [0.05, 0.1) is 23.8 Å². The number of thioether (sulfide) groups is 1. The molecule has 7 heteroatoms. The first-order valence-electron chi connectivity index (χ1n) is 8.58. The molecule has 2 aromatic carbocycles. The summed E-state index contributed by atoms with van der Waals surface area (Å²) < 4.78 is 19.3. The topological polar surface area (TPSA) is 32.8 Å². The van der Waals surface area contributed by atoms with Crippen molar-refractivity contribution in [2.45, 2.75) is 0 Å². The van der Waals surface area contributed by atoms with Crippen LogP contribution in [0.3, 0.4) is 0 Å². The highest BCUT2D eigenvalue weighted by molar-refractivity contribution is 8.27. The molecule has 4 rings (SSSR count). The molecule has 2 heterocycles. The van der Waals surface area contributed by atoms with Crippen LogP contribution in [0.2, 0.25) is 0 Å². The molecule has 2 aliphatic heterocycles. The Bertz CT molecular complexity index is 908. The van der Waals surface area contributed by atoms with Crippen molar-refractivity contribution in [3.63, 3.8) is 0 Å². The van der Waals surface area contributed by atoms with E-state index < -0.39 is 5.82 Å². The van der Waals surface area contributed by atoms with E-state index >= 15 is 0 Å². The van der Waals surface area contributed by atoms with Crippen LogP contribution in [0.15, 0.2) is 53.4 Å². The van der Waals surface area contributed by atoms with Crippen LogP contribution < -0.4 is 9.80 Å². The van der Waals surface area contributed by atoms with Gasteiger partial charge in [-0.1, -0.05) is 42.2 Å². The second kappa shape index (κ2) is 7.80. The van der Waals surface area contributed by atoms with Crippen molar-refractivity contribution in [3.8, 4) is 0 Å². The Balaban J connectivity index is 1.54. The molecular formula is C20H17FN2O2S2. The average molecular weight is 401 g/mol. The van der Waals surface area contributed by atoms with Crippen LogP contribution in [0.5, 0.6) is 0 Å². The average Bonchev–Trinajstić information content (AvgIpc) is 2.96. The van der Waals surface area contributed by atoms with E-state index in [1.165, 1.54) is 28.8 Å².